The second-order valence-electron chi connectivity index (χ2n) is 0.204. The van der Waals surface area contributed by atoms with E-state index in [0.717, 1.165) is 0 Å². The first-order valence-electron chi connectivity index (χ1n) is 0.642. The van der Waals surface area contributed by atoms with Crippen molar-refractivity contribution in [3.8, 4) is 0 Å². The van der Waals surface area contributed by atoms with Gasteiger partial charge in [0.2, 0.25) is 0 Å². The first kappa shape index (κ1) is 8.96. The summed E-state index contributed by atoms with van der Waals surface area (Å²) in [6, 6.07) is 0. The van der Waals surface area contributed by atoms with Crippen molar-refractivity contribution in [1.29, 1.82) is 0 Å². The normalized spacial score (nSPS) is 2.00. The van der Waals surface area contributed by atoms with Gasteiger partial charge in [0, 0.05) is 17.4 Å². The second kappa shape index (κ2) is 11.6. The van der Waals surface area contributed by atoms with Gasteiger partial charge in [0.05, 0.1) is 0 Å². The standard InChI is InChI=1S/C3H3.Cr/c1-3-2;/h1H,2H2;/q-1;. The summed E-state index contributed by atoms with van der Waals surface area (Å²) < 4.78 is 0. The van der Waals surface area contributed by atoms with Crippen LogP contribution in [0.15, 0.2) is 12.3 Å². The molecule has 0 aromatic rings. The quantitative estimate of drug-likeness (QED) is 0.305. The molecule has 0 radical (unpaired) electrons. The molecule has 0 aliphatic rings. The molecular formula is C3H3Cr-. The van der Waals surface area contributed by atoms with Crippen LogP contribution in [0.2, 0.25) is 0 Å². The smallest absolute Gasteiger partial charge is 0 e. The first-order chi connectivity index (χ1) is 1.41. The maximum Gasteiger partial charge on any atom is 0 e. The van der Waals surface area contributed by atoms with Crippen LogP contribution in [0.25, 0.3) is 0 Å². The fourth-order valence-corrected chi connectivity index (χ4v) is 0. The van der Waals surface area contributed by atoms with Gasteiger partial charge < -0.3 is 5.73 Å². The summed E-state index contributed by atoms with van der Waals surface area (Å²) in [6.45, 7) is 7.50. The Morgan fingerprint density at radius 2 is 1.75 bits per heavy atom. The average molecular weight is 91.1 g/mol. The topological polar surface area (TPSA) is 0 Å². The summed E-state index contributed by atoms with van der Waals surface area (Å²) in [5, 5.41) is 0. The van der Waals surface area contributed by atoms with Crippen LogP contribution in [-0.2, 0) is 17.4 Å². The van der Waals surface area contributed by atoms with E-state index in [1.165, 1.54) is 0 Å². The van der Waals surface area contributed by atoms with E-state index in [0.29, 0.717) is 0 Å². The van der Waals surface area contributed by atoms with Gasteiger partial charge >= 0.3 is 0 Å². The summed E-state index contributed by atoms with van der Waals surface area (Å²) in [5.41, 5.74) is 2.00. The molecule has 0 rings (SSSR count). The summed E-state index contributed by atoms with van der Waals surface area (Å²) >= 11 is 0. The Morgan fingerprint density at radius 3 is 1.75 bits per heavy atom. The fourth-order valence-electron chi connectivity index (χ4n) is 0. The molecule has 0 atom stereocenters. The Hall–Kier alpha value is 0.0525. The minimum absolute atomic E-state index is 0. The van der Waals surface area contributed by atoms with Crippen LogP contribution in [0.4, 0.5) is 0 Å². The van der Waals surface area contributed by atoms with Gasteiger partial charge in [-0.15, -0.1) is 0 Å². The van der Waals surface area contributed by atoms with E-state index in [9.17, 15) is 0 Å². The summed E-state index contributed by atoms with van der Waals surface area (Å²) in [7, 11) is 0. The zero-order valence-electron chi connectivity index (χ0n) is 2.19. The van der Waals surface area contributed by atoms with Crippen LogP contribution in [0.1, 0.15) is 0 Å². The molecule has 0 heterocycles. The van der Waals surface area contributed by atoms with E-state index in [1.54, 1.807) is 0 Å². The number of hydrogen-bond donors (Lipinski definition) is 0. The first-order valence-corrected chi connectivity index (χ1v) is 0.642. The van der Waals surface area contributed by atoms with Gasteiger partial charge in [-0.25, -0.2) is 13.2 Å². The van der Waals surface area contributed by atoms with Crippen molar-refractivity contribution in [1.82, 2.24) is 0 Å². The van der Waals surface area contributed by atoms with Crippen molar-refractivity contribution >= 4 is 0 Å². The van der Waals surface area contributed by atoms with Crippen LogP contribution >= 0.6 is 0 Å². The zero-order valence-corrected chi connectivity index (χ0v) is 3.47. The summed E-state index contributed by atoms with van der Waals surface area (Å²) in [4.78, 5) is 0. The van der Waals surface area contributed by atoms with Gasteiger partial charge in [-0.2, -0.15) is 0 Å². The Balaban J connectivity index is 0. The third-order valence-electron chi connectivity index (χ3n) is 0. The molecule has 0 spiro atoms. The molecule has 0 amide bonds. The van der Waals surface area contributed by atoms with Crippen LogP contribution in [0.3, 0.4) is 0 Å². The number of rotatable bonds is 0. The van der Waals surface area contributed by atoms with Gasteiger partial charge in [-0.1, -0.05) is 0 Å². The van der Waals surface area contributed by atoms with Crippen LogP contribution in [0, 0.1) is 6.58 Å². The number of hydrogen-bond acceptors (Lipinski definition) is 0. The molecule has 0 saturated heterocycles. The molecule has 0 N–H and O–H groups in total. The SMILES string of the molecule is [CH-]=C=C.[Cr]. The van der Waals surface area contributed by atoms with Gasteiger partial charge in [-0.05, 0) is 0 Å². The molecular weight excluding hydrogens is 88.0 g/mol. The van der Waals surface area contributed by atoms with Crippen molar-refractivity contribution in [2.24, 2.45) is 0 Å². The molecule has 0 aliphatic carbocycles. The molecule has 4 heavy (non-hydrogen) atoms. The van der Waals surface area contributed by atoms with E-state index in [2.05, 4.69) is 13.2 Å². The van der Waals surface area contributed by atoms with Gasteiger partial charge in [0.1, 0.15) is 0 Å². The Kier molecular flexibility index (Phi) is 26.0. The second-order valence-corrected chi connectivity index (χ2v) is 0.204. The van der Waals surface area contributed by atoms with Crippen molar-refractivity contribution in [3.05, 3.63) is 18.9 Å². The van der Waals surface area contributed by atoms with Crippen LogP contribution in [-0.4, -0.2) is 0 Å². The maximum atomic E-state index is 4.49. The van der Waals surface area contributed by atoms with E-state index in [1.807, 2.05) is 5.73 Å². The molecule has 0 saturated carbocycles. The summed E-state index contributed by atoms with van der Waals surface area (Å²) in [6.07, 6.45) is 0. The maximum absolute atomic E-state index is 4.49. The molecule has 0 fully saturated rings. The van der Waals surface area contributed by atoms with Gasteiger partial charge in [0.15, 0.2) is 0 Å². The van der Waals surface area contributed by atoms with E-state index < -0.39 is 0 Å². The molecule has 0 nitrogen and oxygen atoms in total. The third kappa shape index (κ3) is 826. The predicted octanol–water partition coefficient (Wildman–Crippen LogP) is 0.758. The third-order valence-corrected chi connectivity index (χ3v) is 0. The summed E-state index contributed by atoms with van der Waals surface area (Å²) in [5.74, 6) is 0. The minimum atomic E-state index is 0. The molecule has 0 aromatic heterocycles. The van der Waals surface area contributed by atoms with Crippen molar-refractivity contribution in [3.63, 3.8) is 0 Å². The van der Waals surface area contributed by atoms with Gasteiger partial charge in [0.25, 0.3) is 0 Å². The zero-order chi connectivity index (χ0) is 2.71. The fraction of sp³-hybridized carbons (Fsp3) is 0. The van der Waals surface area contributed by atoms with Gasteiger partial charge in [-0.3, -0.25) is 0 Å². The Labute approximate surface area is 37.0 Å². The van der Waals surface area contributed by atoms with Crippen molar-refractivity contribution in [2.75, 3.05) is 0 Å². The molecule has 1 heteroatoms. The molecule has 0 bridgehead atoms. The molecule has 22 valence electrons. The van der Waals surface area contributed by atoms with Crippen molar-refractivity contribution < 1.29 is 17.4 Å². The molecule has 0 aliphatic heterocycles. The molecule has 0 unspecified atom stereocenters. The van der Waals surface area contributed by atoms with Crippen molar-refractivity contribution in [2.45, 2.75) is 0 Å². The Morgan fingerprint density at radius 1 is 1.75 bits per heavy atom. The molecule has 0 aromatic carbocycles. The average Bonchev–Trinajstić information content (AvgIpc) is 0.918. The largest absolute Gasteiger partial charge is 0.342 e. The van der Waals surface area contributed by atoms with E-state index in [4.69, 9.17) is 0 Å². The minimum Gasteiger partial charge on any atom is -0.342 e. The van der Waals surface area contributed by atoms with E-state index >= 15 is 0 Å². The Bertz CT molecular complexity index is 24.3. The van der Waals surface area contributed by atoms with E-state index in [-0.39, 0.29) is 17.4 Å². The predicted molar refractivity (Wildman–Crippen MR) is 13.4 cm³/mol. The van der Waals surface area contributed by atoms with Crippen LogP contribution < -0.4 is 0 Å². The monoisotopic (exact) mass is 91.0 g/mol. The van der Waals surface area contributed by atoms with Crippen LogP contribution in [0.5, 0.6) is 0 Å².